The third kappa shape index (κ3) is 25.0. The van der Waals surface area contributed by atoms with E-state index in [1.54, 1.807) is 6.07 Å². The van der Waals surface area contributed by atoms with Crippen molar-refractivity contribution in [1.29, 1.82) is 0 Å². The van der Waals surface area contributed by atoms with Crippen molar-refractivity contribution in [2.45, 2.75) is 44.2 Å². The minimum Gasteiger partial charge on any atom is -0.465 e. The second-order valence-electron chi connectivity index (χ2n) is 26.1. The number of nitrogens with zero attached hydrogens (tertiary/aromatic N) is 1. The second kappa shape index (κ2) is 44.9. The molecule has 4 N–H and O–H groups in total. The van der Waals surface area contributed by atoms with Crippen LogP contribution in [0.15, 0.2) is 425 Å². The maximum absolute atomic E-state index is 14.0. The maximum Gasteiger partial charge on any atom is 0.404 e. The largest absolute Gasteiger partial charge is 0.465 e. The molecule has 1 saturated carbocycles. The molecule has 1 aliphatic rings. The van der Waals surface area contributed by atoms with E-state index in [4.69, 9.17) is 14.9 Å². The maximum atomic E-state index is 14.0. The molecule has 0 radical (unpaired) electrons. The molecule has 0 aliphatic heterocycles. The number of carbonyl (C=O) groups is 2. The zero-order valence-electron chi connectivity index (χ0n) is 62.4. The van der Waals surface area contributed by atoms with Crippen molar-refractivity contribution in [3.63, 3.8) is 0 Å². The summed E-state index contributed by atoms with van der Waals surface area (Å²) in [5, 5.41) is 40.1. The Balaban J connectivity index is 0.000000144. The summed E-state index contributed by atoms with van der Waals surface area (Å²) in [5.74, 6) is -0.716. The fraction of sp³-hybridized carbons (Fsp3) is 0.0808. The molecular weight excluding hydrogens is 1560 g/mol. The molecule has 14 aromatic carbocycles. The topological polar surface area (TPSA) is 121 Å². The summed E-state index contributed by atoms with van der Waals surface area (Å²) in [4.78, 5) is 27.8. The van der Waals surface area contributed by atoms with Crippen molar-refractivity contribution >= 4 is 107 Å². The summed E-state index contributed by atoms with van der Waals surface area (Å²) in [5.41, 5.74) is 2.87. The zero-order chi connectivity index (χ0) is 77.2. The van der Waals surface area contributed by atoms with Crippen LogP contribution in [0.4, 0.5) is 9.18 Å². The number of hydrogen-bond acceptors (Lipinski definition) is 5. The molecular formula is C99H88FN3O5P4Pd. The van der Waals surface area contributed by atoms with Crippen molar-refractivity contribution in [3.05, 3.63) is 442 Å². The van der Waals surface area contributed by atoms with Gasteiger partial charge in [0.25, 0.3) is 5.91 Å². The Labute approximate surface area is 682 Å². The van der Waals surface area contributed by atoms with Gasteiger partial charge in [-0.05, 0) is 162 Å². The number of aliphatic hydroxyl groups excluding tert-OH is 1. The van der Waals surface area contributed by atoms with Crippen LogP contribution in [0.1, 0.15) is 41.6 Å². The number of amides is 2. The van der Waals surface area contributed by atoms with E-state index in [-0.39, 0.29) is 50.6 Å². The average Bonchev–Trinajstić information content (AvgIpc) is 0.846. The van der Waals surface area contributed by atoms with Gasteiger partial charge in [0.15, 0.2) is 0 Å². The van der Waals surface area contributed by atoms with Gasteiger partial charge < -0.3 is 25.6 Å². The van der Waals surface area contributed by atoms with Crippen molar-refractivity contribution in [2.75, 3.05) is 6.61 Å². The van der Waals surface area contributed by atoms with Gasteiger partial charge in [0.2, 0.25) is 5.88 Å². The van der Waals surface area contributed by atoms with E-state index in [0.29, 0.717) is 37.9 Å². The number of halogens is 1. The second-order valence-corrected chi connectivity index (χ2v) is 35.0. The Morgan fingerprint density at radius 3 is 0.867 bits per heavy atom. The first-order chi connectivity index (χ1) is 55.2. The van der Waals surface area contributed by atoms with Crippen LogP contribution < -0.4 is 79.0 Å². The summed E-state index contributed by atoms with van der Waals surface area (Å²) >= 11 is 0. The predicted octanol–water partition coefficient (Wildman–Crippen LogP) is 18.3. The van der Waals surface area contributed by atoms with Crippen molar-refractivity contribution < 1.29 is 49.4 Å². The Morgan fingerprint density at radius 2 is 0.611 bits per heavy atom. The van der Waals surface area contributed by atoms with Gasteiger partial charge in [-0.1, -0.05) is 400 Å². The van der Waals surface area contributed by atoms with Gasteiger partial charge in [0.05, 0.1) is 6.20 Å². The van der Waals surface area contributed by atoms with E-state index in [9.17, 15) is 14.0 Å². The molecule has 0 unspecified atom stereocenters. The minimum absolute atomic E-state index is 0. The molecule has 14 heteroatoms. The summed E-state index contributed by atoms with van der Waals surface area (Å²) in [6, 6.07) is 145. The SMILES string of the molecule is O=C(O)NC1CCC(NC(=O)c2cc(F)cnc2Oc2cccc(-c3ccc(CCO)cc3)c2)CC1.[Pd].c1ccc(P(c2ccccc2)c2ccccc2)cc1.c1ccc(P(c2ccccc2)c2ccccc2)cc1.c1ccc(P(c2ccccc2)c2ccccc2)cc1.c1ccc(P(c2ccccc2)c2ccccc2)cc1. The van der Waals surface area contributed by atoms with Crippen LogP contribution in [0, 0.1) is 5.82 Å². The first kappa shape index (κ1) is 83.0. The number of carboxylic acid groups (broad SMARTS) is 1. The Kier molecular flexibility index (Phi) is 33.0. The summed E-state index contributed by atoms with van der Waals surface area (Å²) in [6.07, 6.45) is 2.96. The number of aliphatic hydroxyl groups is 1. The number of nitrogens with one attached hydrogen (secondary N) is 2. The molecule has 1 aliphatic carbocycles. The number of ether oxygens (including phenoxy) is 1. The van der Waals surface area contributed by atoms with E-state index in [1.807, 2.05) is 42.5 Å². The molecule has 16 rings (SSSR count). The van der Waals surface area contributed by atoms with Crippen LogP contribution in [-0.4, -0.2) is 45.9 Å². The molecule has 113 heavy (non-hydrogen) atoms. The first-order valence-electron chi connectivity index (χ1n) is 37.5. The van der Waals surface area contributed by atoms with Gasteiger partial charge in [0.1, 0.15) is 17.1 Å². The van der Waals surface area contributed by atoms with Gasteiger partial charge in [-0.25, -0.2) is 14.2 Å². The van der Waals surface area contributed by atoms with Gasteiger partial charge in [-0.2, -0.15) is 0 Å². The molecule has 1 aromatic heterocycles. The van der Waals surface area contributed by atoms with E-state index >= 15 is 0 Å². The molecule has 0 bridgehead atoms. The third-order valence-electron chi connectivity index (χ3n) is 18.4. The molecule has 15 aromatic rings. The number of hydrogen-bond donors (Lipinski definition) is 4. The van der Waals surface area contributed by atoms with Crippen LogP contribution in [-0.2, 0) is 26.8 Å². The zero-order valence-corrected chi connectivity index (χ0v) is 67.5. The van der Waals surface area contributed by atoms with E-state index < -0.39 is 49.5 Å². The van der Waals surface area contributed by atoms with E-state index in [1.165, 1.54) is 63.7 Å². The van der Waals surface area contributed by atoms with Crippen LogP contribution in [0.3, 0.4) is 0 Å². The predicted molar refractivity (Wildman–Crippen MR) is 472 cm³/mol. The number of pyridine rings is 1. The molecule has 1 heterocycles. The molecule has 0 spiro atoms. The van der Waals surface area contributed by atoms with Gasteiger partial charge in [0, 0.05) is 39.1 Å². The molecule has 0 atom stereocenters. The van der Waals surface area contributed by atoms with Crippen molar-refractivity contribution in [1.82, 2.24) is 15.6 Å². The van der Waals surface area contributed by atoms with Crippen LogP contribution >= 0.6 is 31.7 Å². The smallest absolute Gasteiger partial charge is 0.404 e. The Morgan fingerprint density at radius 1 is 0.345 bits per heavy atom. The summed E-state index contributed by atoms with van der Waals surface area (Å²) in [6.45, 7) is 0.0897. The molecule has 2 amide bonds. The standard InChI is InChI=1S/C27H28FN3O5.4C18H15P.Pd/c28-20-15-24(25(33)30-21-8-10-22(11-9-21)31-27(34)35)26(29-16-20)36-23-3-1-2-19(14-23)18-6-4-17(5-7-18)12-13-32;4*1-4-10-16(11-5-1)19(17-12-6-2-7-13-17)18-14-8-3-9-15-18;/h1-7,14-16,21-22,31-32H,8-13H2,(H,30,33)(H,34,35);4*1-15H;. The van der Waals surface area contributed by atoms with Gasteiger partial charge in [-0.3, -0.25) is 4.79 Å². The van der Waals surface area contributed by atoms with Crippen molar-refractivity contribution in [2.24, 2.45) is 0 Å². The first-order valence-corrected chi connectivity index (χ1v) is 42.8. The number of aromatic nitrogens is 1. The van der Waals surface area contributed by atoms with Crippen LogP contribution in [0.2, 0.25) is 0 Å². The monoisotopic (exact) mass is 1650 g/mol. The van der Waals surface area contributed by atoms with Crippen LogP contribution in [0.5, 0.6) is 11.6 Å². The quantitative estimate of drug-likeness (QED) is 0.0446. The molecule has 1 fully saturated rings. The number of carbonyl (C=O) groups excluding carboxylic acids is 1. The number of rotatable bonds is 20. The minimum atomic E-state index is -1.06. The van der Waals surface area contributed by atoms with Crippen LogP contribution in [0.25, 0.3) is 11.1 Å². The van der Waals surface area contributed by atoms with Gasteiger partial charge >= 0.3 is 6.09 Å². The van der Waals surface area contributed by atoms with Gasteiger partial charge in [-0.15, -0.1) is 0 Å². The van der Waals surface area contributed by atoms with E-state index in [0.717, 1.165) is 29.0 Å². The Bertz CT molecular complexity index is 4380. The summed E-state index contributed by atoms with van der Waals surface area (Å²) in [7, 11) is -1.78. The number of benzene rings is 14. The molecule has 0 saturated heterocycles. The fourth-order valence-corrected chi connectivity index (χ4v) is 22.3. The fourth-order valence-electron chi connectivity index (χ4n) is 13.0. The van der Waals surface area contributed by atoms with E-state index in [2.05, 4.69) is 380 Å². The summed E-state index contributed by atoms with van der Waals surface area (Å²) < 4.78 is 19.9. The average molecular weight is 1650 g/mol. The van der Waals surface area contributed by atoms with Crippen molar-refractivity contribution in [3.8, 4) is 22.8 Å². The normalized spacial score (nSPS) is 12.6. The third-order valence-corrected chi connectivity index (χ3v) is 28.1. The molecule has 566 valence electrons. The molecule has 8 nitrogen and oxygen atoms in total. The Hall–Kier alpha value is -11.0.